The van der Waals surface area contributed by atoms with E-state index in [1.807, 2.05) is 19.9 Å². The van der Waals surface area contributed by atoms with Gasteiger partial charge in [-0.15, -0.1) is 11.3 Å². The predicted octanol–water partition coefficient (Wildman–Crippen LogP) is 4.41. The molecule has 0 aliphatic heterocycles. The van der Waals surface area contributed by atoms with Crippen LogP contribution < -0.4 is 5.32 Å². The monoisotopic (exact) mass is 419 g/mol. The molecular formula is C20H25N3O3S2. The minimum absolute atomic E-state index is 0.118. The van der Waals surface area contributed by atoms with Gasteiger partial charge in [0.15, 0.2) is 0 Å². The SMILES string of the molecule is CCOC(=O)c1c(NC(=O)C(CC)Sc2cc(C)ncn2)sc2c1CCCC2. The van der Waals surface area contributed by atoms with E-state index in [9.17, 15) is 9.59 Å². The third kappa shape index (κ3) is 4.72. The van der Waals surface area contributed by atoms with Gasteiger partial charge in [0.2, 0.25) is 5.91 Å². The molecule has 150 valence electrons. The summed E-state index contributed by atoms with van der Waals surface area (Å²) in [5.74, 6) is -0.461. The van der Waals surface area contributed by atoms with E-state index in [2.05, 4.69) is 15.3 Å². The first kappa shape index (κ1) is 20.8. The van der Waals surface area contributed by atoms with Gasteiger partial charge < -0.3 is 10.1 Å². The highest BCUT2D eigenvalue weighted by Crippen LogP contribution is 2.39. The van der Waals surface area contributed by atoms with Crippen molar-refractivity contribution in [1.29, 1.82) is 0 Å². The zero-order valence-electron chi connectivity index (χ0n) is 16.4. The van der Waals surface area contributed by atoms with Crippen molar-refractivity contribution in [2.75, 3.05) is 11.9 Å². The normalized spacial score (nSPS) is 14.2. The summed E-state index contributed by atoms with van der Waals surface area (Å²) in [6, 6.07) is 1.87. The van der Waals surface area contributed by atoms with Gasteiger partial charge in [-0.05, 0) is 57.6 Å². The second-order valence-corrected chi connectivity index (χ2v) is 8.97. The van der Waals surface area contributed by atoms with E-state index in [-0.39, 0.29) is 17.1 Å². The second-order valence-electron chi connectivity index (χ2n) is 6.64. The lowest BCUT2D eigenvalue weighted by Crippen LogP contribution is -2.25. The number of thioether (sulfide) groups is 1. The summed E-state index contributed by atoms with van der Waals surface area (Å²) < 4.78 is 5.26. The Hall–Kier alpha value is -1.93. The molecule has 0 saturated carbocycles. The van der Waals surface area contributed by atoms with Crippen LogP contribution in [-0.4, -0.2) is 33.7 Å². The van der Waals surface area contributed by atoms with E-state index in [1.54, 1.807) is 6.92 Å². The number of carbonyl (C=O) groups is 2. The second kappa shape index (κ2) is 9.52. The van der Waals surface area contributed by atoms with Crippen LogP contribution in [0.15, 0.2) is 17.4 Å². The summed E-state index contributed by atoms with van der Waals surface area (Å²) >= 11 is 2.93. The number of anilines is 1. The first-order chi connectivity index (χ1) is 13.5. The van der Waals surface area contributed by atoms with Crippen LogP contribution in [0.25, 0.3) is 0 Å². The number of hydrogen-bond donors (Lipinski definition) is 1. The topological polar surface area (TPSA) is 81.2 Å². The minimum atomic E-state index is -0.343. The fraction of sp³-hybridized carbons (Fsp3) is 0.500. The predicted molar refractivity (Wildman–Crippen MR) is 112 cm³/mol. The van der Waals surface area contributed by atoms with Crippen molar-refractivity contribution >= 4 is 40.0 Å². The average Bonchev–Trinajstić information content (AvgIpc) is 3.04. The smallest absolute Gasteiger partial charge is 0.341 e. The van der Waals surface area contributed by atoms with Crippen molar-refractivity contribution in [1.82, 2.24) is 9.97 Å². The van der Waals surface area contributed by atoms with E-state index < -0.39 is 0 Å². The summed E-state index contributed by atoms with van der Waals surface area (Å²) in [7, 11) is 0. The summed E-state index contributed by atoms with van der Waals surface area (Å²) in [4.78, 5) is 35.0. The number of nitrogens with one attached hydrogen (secondary N) is 1. The quantitative estimate of drug-likeness (QED) is 0.407. The lowest BCUT2D eigenvalue weighted by atomic mass is 9.95. The van der Waals surface area contributed by atoms with Crippen molar-refractivity contribution in [3.63, 3.8) is 0 Å². The molecule has 8 heteroatoms. The highest BCUT2D eigenvalue weighted by molar-refractivity contribution is 8.00. The van der Waals surface area contributed by atoms with Gasteiger partial charge in [-0.3, -0.25) is 4.79 Å². The molecule has 0 aromatic carbocycles. The summed E-state index contributed by atoms with van der Waals surface area (Å²) in [6.07, 6.45) is 6.15. The molecule has 1 amide bonds. The van der Waals surface area contributed by atoms with E-state index in [1.165, 1.54) is 34.3 Å². The van der Waals surface area contributed by atoms with Crippen molar-refractivity contribution in [3.05, 3.63) is 34.1 Å². The Morgan fingerprint density at radius 2 is 2.07 bits per heavy atom. The highest BCUT2D eigenvalue weighted by Gasteiger charge is 2.29. The first-order valence-corrected chi connectivity index (χ1v) is 11.3. The van der Waals surface area contributed by atoms with Gasteiger partial charge in [0.25, 0.3) is 0 Å². The number of amides is 1. The molecule has 0 bridgehead atoms. The Bertz CT molecular complexity index is 866. The zero-order valence-corrected chi connectivity index (χ0v) is 18.0. The Labute approximate surface area is 173 Å². The number of ether oxygens (including phenoxy) is 1. The molecule has 0 spiro atoms. The molecule has 0 fully saturated rings. The van der Waals surface area contributed by atoms with Crippen LogP contribution in [0, 0.1) is 6.92 Å². The Balaban J connectivity index is 1.82. The first-order valence-electron chi connectivity index (χ1n) is 9.61. The number of fused-ring (bicyclic) bond motifs is 1. The highest BCUT2D eigenvalue weighted by atomic mass is 32.2. The van der Waals surface area contributed by atoms with Crippen LogP contribution >= 0.6 is 23.1 Å². The number of esters is 1. The van der Waals surface area contributed by atoms with Gasteiger partial charge in [0, 0.05) is 10.6 Å². The maximum Gasteiger partial charge on any atom is 0.341 e. The average molecular weight is 420 g/mol. The molecule has 0 radical (unpaired) electrons. The zero-order chi connectivity index (χ0) is 20.1. The number of aryl methyl sites for hydroxylation is 2. The van der Waals surface area contributed by atoms with E-state index in [0.717, 1.165) is 42.0 Å². The van der Waals surface area contributed by atoms with Crippen LogP contribution in [-0.2, 0) is 22.4 Å². The van der Waals surface area contributed by atoms with Crippen LogP contribution in [0.2, 0.25) is 0 Å². The maximum atomic E-state index is 13.0. The summed E-state index contributed by atoms with van der Waals surface area (Å²) in [5, 5.41) is 4.09. The van der Waals surface area contributed by atoms with Crippen molar-refractivity contribution < 1.29 is 14.3 Å². The Kier molecular flexibility index (Phi) is 7.07. The van der Waals surface area contributed by atoms with Gasteiger partial charge in [-0.25, -0.2) is 14.8 Å². The van der Waals surface area contributed by atoms with Gasteiger partial charge in [-0.1, -0.05) is 18.7 Å². The number of nitrogens with zero attached hydrogens (tertiary/aromatic N) is 2. The maximum absolute atomic E-state index is 13.0. The van der Waals surface area contributed by atoms with Gasteiger partial charge >= 0.3 is 5.97 Å². The third-order valence-corrected chi connectivity index (χ3v) is 7.10. The van der Waals surface area contributed by atoms with Gasteiger partial charge in [0.1, 0.15) is 16.4 Å². The molecule has 1 aliphatic carbocycles. The number of thiophene rings is 1. The van der Waals surface area contributed by atoms with Gasteiger partial charge in [0.05, 0.1) is 17.4 Å². The summed E-state index contributed by atoms with van der Waals surface area (Å²) in [6.45, 7) is 5.98. The van der Waals surface area contributed by atoms with Crippen molar-refractivity contribution in [3.8, 4) is 0 Å². The molecule has 0 saturated heterocycles. The van der Waals surface area contributed by atoms with E-state index in [4.69, 9.17) is 4.74 Å². The third-order valence-electron chi connectivity index (χ3n) is 4.59. The fourth-order valence-electron chi connectivity index (χ4n) is 3.23. The number of carbonyl (C=O) groups excluding carboxylic acids is 2. The minimum Gasteiger partial charge on any atom is -0.462 e. The molecule has 1 atom stereocenters. The fourth-order valence-corrected chi connectivity index (χ4v) is 5.48. The van der Waals surface area contributed by atoms with Crippen molar-refractivity contribution in [2.45, 2.75) is 63.2 Å². The molecule has 3 rings (SSSR count). The number of hydrogen-bond acceptors (Lipinski definition) is 7. The Morgan fingerprint density at radius 1 is 1.29 bits per heavy atom. The molecule has 1 aliphatic rings. The number of rotatable bonds is 7. The molecule has 2 aromatic rings. The molecule has 6 nitrogen and oxygen atoms in total. The van der Waals surface area contributed by atoms with Crippen LogP contribution in [0.3, 0.4) is 0 Å². The van der Waals surface area contributed by atoms with E-state index >= 15 is 0 Å². The Morgan fingerprint density at radius 3 is 2.79 bits per heavy atom. The van der Waals surface area contributed by atoms with Gasteiger partial charge in [-0.2, -0.15) is 0 Å². The lowest BCUT2D eigenvalue weighted by molar-refractivity contribution is -0.115. The van der Waals surface area contributed by atoms with E-state index in [0.29, 0.717) is 23.6 Å². The summed E-state index contributed by atoms with van der Waals surface area (Å²) in [5.41, 5.74) is 2.47. The van der Waals surface area contributed by atoms with Crippen LogP contribution in [0.1, 0.15) is 59.6 Å². The molecule has 1 unspecified atom stereocenters. The molecule has 2 heterocycles. The molecule has 28 heavy (non-hydrogen) atoms. The molecule has 1 N–H and O–H groups in total. The molecular weight excluding hydrogens is 394 g/mol. The van der Waals surface area contributed by atoms with Crippen LogP contribution in [0.5, 0.6) is 0 Å². The largest absolute Gasteiger partial charge is 0.462 e. The molecule has 2 aromatic heterocycles. The lowest BCUT2D eigenvalue weighted by Gasteiger charge is -2.15. The standard InChI is InChI=1S/C20H25N3O3S2/c1-4-14(27-16-10-12(3)21-11-22-16)18(24)23-19-17(20(25)26-5-2)13-8-6-7-9-15(13)28-19/h10-11,14H,4-9H2,1-3H3,(H,23,24). The number of aromatic nitrogens is 2. The van der Waals surface area contributed by atoms with Crippen molar-refractivity contribution in [2.24, 2.45) is 0 Å². The van der Waals surface area contributed by atoms with Crippen LogP contribution in [0.4, 0.5) is 5.00 Å².